The van der Waals surface area contributed by atoms with E-state index in [0.29, 0.717) is 12.3 Å². The molecule has 1 amide bonds. The second-order valence-corrected chi connectivity index (χ2v) is 4.66. The maximum atomic E-state index is 11.9. The molecule has 1 atom stereocenters. The topological polar surface area (TPSA) is 62.0 Å². The van der Waals surface area contributed by atoms with Crippen molar-refractivity contribution in [3.8, 4) is 0 Å². The minimum atomic E-state index is -0.490. The Kier molecular flexibility index (Phi) is 4.34. The molecule has 94 valence electrons. The third-order valence-corrected chi connectivity index (χ3v) is 3.38. The highest BCUT2D eigenvalue weighted by Gasteiger charge is 2.24. The fourth-order valence-corrected chi connectivity index (χ4v) is 1.56. The zero-order chi connectivity index (χ0) is 13.1. The summed E-state index contributed by atoms with van der Waals surface area (Å²) in [6, 6.07) is 1.40. The number of carbonyl (C=O) groups is 1. The SMILES string of the molecule is CCC(C)(CCl)NC(=O)c1c[nH]c(C)cc1=O. The maximum Gasteiger partial charge on any atom is 0.257 e. The van der Waals surface area contributed by atoms with Crippen LogP contribution in [0.3, 0.4) is 0 Å². The van der Waals surface area contributed by atoms with Crippen LogP contribution >= 0.6 is 11.6 Å². The van der Waals surface area contributed by atoms with Crippen LogP contribution in [0.15, 0.2) is 17.1 Å². The molecule has 0 aromatic carbocycles. The summed E-state index contributed by atoms with van der Waals surface area (Å²) >= 11 is 5.80. The van der Waals surface area contributed by atoms with Crippen LogP contribution in [0.1, 0.15) is 36.3 Å². The van der Waals surface area contributed by atoms with Crippen LogP contribution in [-0.2, 0) is 0 Å². The summed E-state index contributed by atoms with van der Waals surface area (Å²) in [6.07, 6.45) is 2.13. The van der Waals surface area contributed by atoms with Gasteiger partial charge in [0.05, 0.1) is 5.54 Å². The van der Waals surface area contributed by atoms with Gasteiger partial charge < -0.3 is 10.3 Å². The van der Waals surface area contributed by atoms with Gasteiger partial charge in [0.15, 0.2) is 5.43 Å². The molecular weight excluding hydrogens is 240 g/mol. The van der Waals surface area contributed by atoms with Crippen molar-refractivity contribution in [2.75, 3.05) is 5.88 Å². The lowest BCUT2D eigenvalue weighted by atomic mass is 10.0. The summed E-state index contributed by atoms with van der Waals surface area (Å²) in [6.45, 7) is 5.54. The number of halogens is 1. The minimum Gasteiger partial charge on any atom is -0.364 e. The quantitative estimate of drug-likeness (QED) is 0.808. The van der Waals surface area contributed by atoms with E-state index in [2.05, 4.69) is 10.3 Å². The molecule has 0 aliphatic rings. The van der Waals surface area contributed by atoms with Gasteiger partial charge in [-0.15, -0.1) is 11.6 Å². The second kappa shape index (κ2) is 5.36. The second-order valence-electron chi connectivity index (χ2n) is 4.40. The van der Waals surface area contributed by atoms with Gasteiger partial charge in [-0.05, 0) is 20.3 Å². The molecule has 0 bridgehead atoms. The third-order valence-electron chi connectivity index (χ3n) is 2.79. The largest absolute Gasteiger partial charge is 0.364 e. The number of aryl methyl sites for hydroxylation is 1. The lowest BCUT2D eigenvalue weighted by Gasteiger charge is -2.26. The number of aromatic nitrogens is 1. The van der Waals surface area contributed by atoms with Crippen LogP contribution in [0, 0.1) is 6.92 Å². The van der Waals surface area contributed by atoms with E-state index in [1.807, 2.05) is 13.8 Å². The average Bonchev–Trinajstić information content (AvgIpc) is 2.28. The number of hydrogen-bond acceptors (Lipinski definition) is 2. The van der Waals surface area contributed by atoms with Crippen molar-refractivity contribution in [2.45, 2.75) is 32.7 Å². The number of amides is 1. The van der Waals surface area contributed by atoms with Crippen molar-refractivity contribution >= 4 is 17.5 Å². The molecule has 4 nitrogen and oxygen atoms in total. The smallest absolute Gasteiger partial charge is 0.257 e. The van der Waals surface area contributed by atoms with Crippen LogP contribution in [0.4, 0.5) is 0 Å². The molecule has 0 spiro atoms. The van der Waals surface area contributed by atoms with Crippen molar-refractivity contribution < 1.29 is 4.79 Å². The molecule has 0 saturated carbocycles. The molecule has 0 radical (unpaired) electrons. The Labute approximate surface area is 105 Å². The molecule has 1 heterocycles. The molecule has 1 rings (SSSR count). The highest BCUT2D eigenvalue weighted by atomic mass is 35.5. The fourth-order valence-electron chi connectivity index (χ4n) is 1.31. The highest BCUT2D eigenvalue weighted by Crippen LogP contribution is 2.11. The summed E-state index contributed by atoms with van der Waals surface area (Å²) in [5, 5.41) is 2.78. The number of aromatic amines is 1. The van der Waals surface area contributed by atoms with Crippen molar-refractivity contribution in [2.24, 2.45) is 0 Å². The van der Waals surface area contributed by atoms with Crippen molar-refractivity contribution in [1.82, 2.24) is 10.3 Å². The van der Waals surface area contributed by atoms with E-state index in [1.165, 1.54) is 12.3 Å². The molecule has 17 heavy (non-hydrogen) atoms. The molecule has 5 heteroatoms. The van der Waals surface area contributed by atoms with Crippen LogP contribution < -0.4 is 10.7 Å². The van der Waals surface area contributed by atoms with Crippen molar-refractivity contribution in [3.05, 3.63) is 33.7 Å². The number of nitrogens with one attached hydrogen (secondary N) is 2. The van der Waals surface area contributed by atoms with Gasteiger partial charge in [-0.25, -0.2) is 0 Å². The van der Waals surface area contributed by atoms with Crippen LogP contribution in [0.5, 0.6) is 0 Å². The summed E-state index contributed by atoms with van der Waals surface area (Å²) in [5.41, 5.74) is 0.0602. The van der Waals surface area contributed by atoms with E-state index in [9.17, 15) is 9.59 Å². The zero-order valence-corrected chi connectivity index (χ0v) is 11.0. The molecule has 1 aromatic heterocycles. The number of carbonyl (C=O) groups excluding carboxylic acids is 1. The van der Waals surface area contributed by atoms with Gasteiger partial charge in [-0.3, -0.25) is 9.59 Å². The third kappa shape index (κ3) is 3.33. The van der Waals surface area contributed by atoms with E-state index in [0.717, 1.165) is 5.69 Å². The molecule has 0 aliphatic carbocycles. The summed E-state index contributed by atoms with van der Waals surface area (Å²) in [4.78, 5) is 26.4. The van der Waals surface area contributed by atoms with Gasteiger partial charge in [0, 0.05) is 23.8 Å². The number of alkyl halides is 1. The molecule has 0 saturated heterocycles. The minimum absolute atomic E-state index is 0.111. The van der Waals surface area contributed by atoms with E-state index < -0.39 is 11.4 Å². The predicted octanol–water partition coefficient (Wildman–Crippen LogP) is 1.82. The van der Waals surface area contributed by atoms with Crippen molar-refractivity contribution in [1.29, 1.82) is 0 Å². The highest BCUT2D eigenvalue weighted by molar-refractivity contribution is 6.18. The first-order valence-corrected chi connectivity index (χ1v) is 6.03. The molecule has 1 unspecified atom stereocenters. The Hall–Kier alpha value is -1.29. The predicted molar refractivity (Wildman–Crippen MR) is 68.7 cm³/mol. The van der Waals surface area contributed by atoms with E-state index in [1.54, 1.807) is 6.92 Å². The zero-order valence-electron chi connectivity index (χ0n) is 10.3. The number of H-pyrrole nitrogens is 1. The Bertz CT molecular complexity index is 464. The lowest BCUT2D eigenvalue weighted by molar-refractivity contribution is 0.0911. The van der Waals surface area contributed by atoms with E-state index in [-0.39, 0.29) is 11.0 Å². The van der Waals surface area contributed by atoms with Gasteiger partial charge >= 0.3 is 0 Å². The fraction of sp³-hybridized carbons (Fsp3) is 0.500. The first kappa shape index (κ1) is 13.8. The number of rotatable bonds is 4. The summed E-state index contributed by atoms with van der Waals surface area (Å²) in [5.74, 6) is -0.0878. The monoisotopic (exact) mass is 256 g/mol. The average molecular weight is 257 g/mol. The van der Waals surface area contributed by atoms with Gasteiger partial charge in [0.25, 0.3) is 5.91 Å². The summed E-state index contributed by atoms with van der Waals surface area (Å²) < 4.78 is 0. The lowest BCUT2D eigenvalue weighted by Crippen LogP contribution is -2.48. The Morgan fingerprint density at radius 3 is 2.71 bits per heavy atom. The van der Waals surface area contributed by atoms with Gasteiger partial charge in [0.2, 0.25) is 0 Å². The standard InChI is InChI=1S/C12H17ClN2O2/c1-4-12(3,7-13)15-11(17)9-6-14-8(2)5-10(9)16/h5-6H,4,7H2,1-3H3,(H,14,16)(H,15,17). The van der Waals surface area contributed by atoms with Gasteiger partial charge in [-0.1, -0.05) is 6.92 Å². The number of hydrogen-bond donors (Lipinski definition) is 2. The van der Waals surface area contributed by atoms with Gasteiger partial charge in [-0.2, -0.15) is 0 Å². The molecule has 0 aliphatic heterocycles. The molecule has 0 fully saturated rings. The Morgan fingerprint density at radius 2 is 2.24 bits per heavy atom. The van der Waals surface area contributed by atoms with Crippen LogP contribution in [0.25, 0.3) is 0 Å². The Morgan fingerprint density at radius 1 is 1.59 bits per heavy atom. The normalized spacial score (nSPS) is 14.1. The van der Waals surface area contributed by atoms with Crippen LogP contribution in [-0.4, -0.2) is 22.3 Å². The first-order valence-electron chi connectivity index (χ1n) is 5.49. The van der Waals surface area contributed by atoms with Gasteiger partial charge in [0.1, 0.15) is 5.56 Å². The molecular formula is C12H17ClN2O2. The van der Waals surface area contributed by atoms with E-state index in [4.69, 9.17) is 11.6 Å². The summed E-state index contributed by atoms with van der Waals surface area (Å²) in [7, 11) is 0. The number of pyridine rings is 1. The van der Waals surface area contributed by atoms with Crippen molar-refractivity contribution in [3.63, 3.8) is 0 Å². The van der Waals surface area contributed by atoms with Crippen LogP contribution in [0.2, 0.25) is 0 Å². The first-order chi connectivity index (χ1) is 7.91. The van der Waals surface area contributed by atoms with E-state index >= 15 is 0 Å². The maximum absolute atomic E-state index is 11.9. The Balaban J connectivity index is 2.94. The molecule has 2 N–H and O–H groups in total. The molecule has 1 aromatic rings.